The topological polar surface area (TPSA) is 71.4 Å². The van der Waals surface area contributed by atoms with E-state index in [1.54, 1.807) is 0 Å². The third-order valence-electron chi connectivity index (χ3n) is 5.95. The van der Waals surface area contributed by atoms with Gasteiger partial charge in [0.15, 0.2) is 5.78 Å². The number of nitrogens with zero attached hydrogens (tertiary/aromatic N) is 2. The fourth-order valence-corrected chi connectivity index (χ4v) is 4.50. The molecule has 0 atom stereocenters. The number of rotatable bonds is 4. The van der Waals surface area contributed by atoms with Crippen LogP contribution < -0.4 is 5.32 Å². The molecule has 1 N–H and O–H groups in total. The highest BCUT2D eigenvalue weighted by atomic mass is 16.2. The molecule has 1 spiro atoms. The maximum absolute atomic E-state index is 12.8. The van der Waals surface area contributed by atoms with Gasteiger partial charge in [0.2, 0.25) is 0 Å². The van der Waals surface area contributed by atoms with Gasteiger partial charge in [-0.15, -0.1) is 0 Å². The zero-order valence-electron chi connectivity index (χ0n) is 14.9. The average molecular weight is 343 g/mol. The largest absolute Gasteiger partial charge is 0.345 e. The van der Waals surface area contributed by atoms with Crippen LogP contribution in [-0.2, 0) is 4.79 Å². The van der Waals surface area contributed by atoms with Gasteiger partial charge in [0, 0.05) is 23.0 Å². The van der Waals surface area contributed by atoms with Gasteiger partial charge in [-0.2, -0.15) is 0 Å². The van der Waals surface area contributed by atoms with Gasteiger partial charge in [-0.3, -0.25) is 14.5 Å². The Balaban J connectivity index is 1.54. The van der Waals surface area contributed by atoms with Crippen molar-refractivity contribution >= 4 is 17.7 Å². The minimum absolute atomic E-state index is 0.156. The average Bonchev–Trinajstić information content (AvgIpc) is 3.33. The highest BCUT2D eigenvalue weighted by molar-refractivity contribution is 6.11. The number of aryl methyl sites for hydroxylation is 1. The second-order valence-electron chi connectivity index (χ2n) is 7.77. The highest BCUT2D eigenvalue weighted by Gasteiger charge is 2.51. The van der Waals surface area contributed by atoms with E-state index in [1.807, 2.05) is 19.9 Å². The lowest BCUT2D eigenvalue weighted by atomic mass is 9.82. The monoisotopic (exact) mass is 343 g/mol. The first-order chi connectivity index (χ1) is 11.9. The molecule has 6 nitrogen and oxygen atoms in total. The Labute approximate surface area is 147 Å². The summed E-state index contributed by atoms with van der Waals surface area (Å²) in [6.07, 6.45) is 6.64. The third kappa shape index (κ3) is 2.58. The Kier molecular flexibility index (Phi) is 3.74. The van der Waals surface area contributed by atoms with Gasteiger partial charge in [0.1, 0.15) is 5.54 Å². The summed E-state index contributed by atoms with van der Waals surface area (Å²) < 4.78 is 2.21. The molecule has 6 heteroatoms. The highest BCUT2D eigenvalue weighted by Crippen LogP contribution is 2.38. The maximum atomic E-state index is 12.8. The van der Waals surface area contributed by atoms with Crippen molar-refractivity contribution in [2.45, 2.75) is 70.4 Å². The van der Waals surface area contributed by atoms with Crippen molar-refractivity contribution in [3.8, 4) is 0 Å². The lowest BCUT2D eigenvalue weighted by molar-refractivity contribution is -0.132. The maximum Gasteiger partial charge on any atom is 0.325 e. The van der Waals surface area contributed by atoms with Gasteiger partial charge in [-0.05, 0) is 45.6 Å². The first-order valence-corrected chi connectivity index (χ1v) is 9.29. The molecule has 0 bridgehead atoms. The van der Waals surface area contributed by atoms with Crippen molar-refractivity contribution in [3.63, 3.8) is 0 Å². The van der Waals surface area contributed by atoms with Crippen molar-refractivity contribution in [1.82, 2.24) is 14.8 Å². The van der Waals surface area contributed by atoms with E-state index in [-0.39, 0.29) is 18.2 Å². The molecule has 2 heterocycles. The number of aromatic nitrogens is 1. The molecule has 134 valence electrons. The first kappa shape index (κ1) is 16.4. The van der Waals surface area contributed by atoms with E-state index in [0.29, 0.717) is 24.4 Å². The summed E-state index contributed by atoms with van der Waals surface area (Å²) in [5.74, 6) is -0.377. The van der Waals surface area contributed by atoms with Gasteiger partial charge < -0.3 is 9.88 Å². The molecule has 1 aliphatic heterocycles. The number of carbonyl (C=O) groups is 3. The van der Waals surface area contributed by atoms with Crippen molar-refractivity contribution < 1.29 is 14.4 Å². The van der Waals surface area contributed by atoms with Crippen molar-refractivity contribution in [1.29, 1.82) is 0 Å². The van der Waals surface area contributed by atoms with Crippen molar-refractivity contribution in [2.24, 2.45) is 0 Å². The minimum Gasteiger partial charge on any atom is -0.345 e. The predicted octanol–water partition coefficient (Wildman–Crippen LogP) is 2.88. The van der Waals surface area contributed by atoms with E-state index in [0.717, 1.165) is 48.4 Å². The fourth-order valence-electron chi connectivity index (χ4n) is 4.50. The first-order valence-electron chi connectivity index (χ1n) is 9.29. The zero-order chi connectivity index (χ0) is 17.8. The number of amides is 3. The smallest absolute Gasteiger partial charge is 0.325 e. The second-order valence-corrected chi connectivity index (χ2v) is 7.77. The molecule has 4 rings (SSSR count). The van der Waals surface area contributed by atoms with Crippen LogP contribution in [0.2, 0.25) is 0 Å². The molecule has 1 aromatic rings. The summed E-state index contributed by atoms with van der Waals surface area (Å²) in [5, 5.41) is 2.87. The summed E-state index contributed by atoms with van der Waals surface area (Å²) >= 11 is 0. The van der Waals surface area contributed by atoms with Crippen LogP contribution >= 0.6 is 0 Å². The standard InChI is InChI=1S/C19H25N3O3/c1-12-10-15(13(2)22(12)14-6-7-14)16(23)11-21-17(24)19(20-18(21)25)8-4-3-5-9-19/h10,14H,3-9,11H2,1-2H3,(H,20,25). The number of hydrogen-bond acceptors (Lipinski definition) is 3. The minimum atomic E-state index is -0.763. The molecular formula is C19H25N3O3. The van der Waals surface area contributed by atoms with E-state index >= 15 is 0 Å². The van der Waals surface area contributed by atoms with E-state index in [2.05, 4.69) is 9.88 Å². The molecule has 0 aromatic carbocycles. The number of hydrogen-bond donors (Lipinski definition) is 1. The van der Waals surface area contributed by atoms with E-state index < -0.39 is 11.6 Å². The molecule has 1 aromatic heterocycles. The quantitative estimate of drug-likeness (QED) is 0.675. The Morgan fingerprint density at radius 3 is 2.52 bits per heavy atom. The molecule has 3 fully saturated rings. The Morgan fingerprint density at radius 1 is 1.20 bits per heavy atom. The molecule has 0 radical (unpaired) electrons. The number of Topliss-reactive ketones (excluding diaryl/α,β-unsaturated/α-hetero) is 1. The normalized spacial score (nSPS) is 22.6. The summed E-state index contributed by atoms with van der Waals surface area (Å²) in [5.41, 5.74) is 1.89. The van der Waals surface area contributed by atoms with Gasteiger partial charge in [0.05, 0.1) is 6.54 Å². The number of urea groups is 1. The molecular weight excluding hydrogens is 318 g/mol. The van der Waals surface area contributed by atoms with Gasteiger partial charge in [0.25, 0.3) is 5.91 Å². The van der Waals surface area contributed by atoms with Crippen LogP contribution in [0.15, 0.2) is 6.07 Å². The SMILES string of the molecule is Cc1cc(C(=O)CN2C(=O)NC3(CCCCC3)C2=O)c(C)n1C1CC1. The summed E-state index contributed by atoms with van der Waals surface area (Å²) in [6, 6.07) is 1.98. The summed E-state index contributed by atoms with van der Waals surface area (Å²) in [7, 11) is 0. The molecule has 3 aliphatic rings. The lowest BCUT2D eigenvalue weighted by Gasteiger charge is -2.30. The molecule has 3 amide bonds. The molecule has 2 saturated carbocycles. The third-order valence-corrected chi connectivity index (χ3v) is 5.95. The van der Waals surface area contributed by atoms with Crippen molar-refractivity contribution in [2.75, 3.05) is 6.54 Å². The summed E-state index contributed by atoms with van der Waals surface area (Å²) in [4.78, 5) is 39.1. The van der Waals surface area contributed by atoms with E-state index in [4.69, 9.17) is 0 Å². The van der Waals surface area contributed by atoms with Crippen LogP contribution in [0.5, 0.6) is 0 Å². The zero-order valence-corrected chi connectivity index (χ0v) is 14.9. The van der Waals surface area contributed by atoms with E-state index in [9.17, 15) is 14.4 Å². The summed E-state index contributed by atoms with van der Waals surface area (Å²) in [6.45, 7) is 3.79. The Hall–Kier alpha value is -2.11. The van der Waals surface area contributed by atoms with Crippen LogP contribution in [0, 0.1) is 13.8 Å². The van der Waals surface area contributed by atoms with Crippen LogP contribution in [0.3, 0.4) is 0 Å². The molecule has 0 unspecified atom stereocenters. The Morgan fingerprint density at radius 2 is 1.88 bits per heavy atom. The van der Waals surface area contributed by atoms with Crippen LogP contribution in [0.25, 0.3) is 0 Å². The van der Waals surface area contributed by atoms with Crippen molar-refractivity contribution in [3.05, 3.63) is 23.0 Å². The van der Waals surface area contributed by atoms with Crippen LogP contribution in [0.4, 0.5) is 4.79 Å². The number of imide groups is 1. The van der Waals surface area contributed by atoms with E-state index in [1.165, 1.54) is 0 Å². The fraction of sp³-hybridized carbons (Fsp3) is 0.632. The van der Waals surface area contributed by atoms with Gasteiger partial charge >= 0.3 is 6.03 Å². The second kappa shape index (κ2) is 5.71. The molecule has 2 aliphatic carbocycles. The number of carbonyl (C=O) groups excluding carboxylic acids is 3. The molecule has 25 heavy (non-hydrogen) atoms. The van der Waals surface area contributed by atoms with Gasteiger partial charge in [-0.1, -0.05) is 19.3 Å². The predicted molar refractivity (Wildman–Crippen MR) is 92.6 cm³/mol. The van der Waals surface area contributed by atoms with Crippen LogP contribution in [0.1, 0.15) is 72.7 Å². The lowest BCUT2D eigenvalue weighted by Crippen LogP contribution is -2.48. The Bertz CT molecular complexity index is 754. The van der Waals surface area contributed by atoms with Crippen LogP contribution in [-0.4, -0.2) is 39.3 Å². The number of nitrogens with one attached hydrogen (secondary N) is 1. The number of ketones is 1. The van der Waals surface area contributed by atoms with Gasteiger partial charge in [-0.25, -0.2) is 4.79 Å². The molecule has 1 saturated heterocycles.